The van der Waals surface area contributed by atoms with Gasteiger partial charge < -0.3 is 30.2 Å². The van der Waals surface area contributed by atoms with Crippen molar-refractivity contribution >= 4 is 56.4 Å². The van der Waals surface area contributed by atoms with E-state index in [-0.39, 0.29) is 0 Å². The molecule has 0 radical (unpaired) electrons. The SMILES string of the molecule is Clc1ccc2c(NCCCN3CCN(CCCCCCN4CCN(CCCNc5ccnc6cc(Cl)ccc56)CC4)CC3)ccnc2c1. The minimum atomic E-state index is 0.729. The number of nitrogens with one attached hydrogen (secondary N) is 2. The van der Waals surface area contributed by atoms with Gasteiger partial charge in [-0.3, -0.25) is 9.97 Å². The largest absolute Gasteiger partial charge is 0.384 e. The van der Waals surface area contributed by atoms with Crippen molar-refractivity contribution in [2.45, 2.75) is 38.5 Å². The molecule has 0 spiro atoms. The van der Waals surface area contributed by atoms with Crippen LogP contribution >= 0.6 is 23.2 Å². The minimum absolute atomic E-state index is 0.729. The lowest BCUT2D eigenvalue weighted by Gasteiger charge is -2.35. The molecule has 4 aromatic rings. The van der Waals surface area contributed by atoms with Gasteiger partial charge in [-0.1, -0.05) is 36.0 Å². The summed E-state index contributed by atoms with van der Waals surface area (Å²) in [4.78, 5) is 19.5. The first kappa shape index (κ1) is 35.1. The topological polar surface area (TPSA) is 62.8 Å². The summed E-state index contributed by atoms with van der Waals surface area (Å²) in [7, 11) is 0. The van der Waals surface area contributed by atoms with Crippen LogP contribution < -0.4 is 10.6 Å². The van der Waals surface area contributed by atoms with Crippen LogP contribution in [0.2, 0.25) is 10.0 Å². The zero-order valence-electron chi connectivity index (χ0n) is 28.4. The number of fused-ring (bicyclic) bond motifs is 2. The summed E-state index contributed by atoms with van der Waals surface area (Å²) in [6, 6.07) is 16.0. The predicted octanol–water partition coefficient (Wildman–Crippen LogP) is 7.19. The molecule has 258 valence electrons. The summed E-state index contributed by atoms with van der Waals surface area (Å²) >= 11 is 12.3. The van der Waals surface area contributed by atoms with Gasteiger partial charge in [0.15, 0.2) is 0 Å². The van der Waals surface area contributed by atoms with Crippen molar-refractivity contribution in [3.63, 3.8) is 0 Å². The van der Waals surface area contributed by atoms with Gasteiger partial charge in [0.25, 0.3) is 0 Å². The summed E-state index contributed by atoms with van der Waals surface area (Å²) in [6.07, 6.45) is 11.4. The molecule has 2 N–H and O–H groups in total. The number of anilines is 2. The molecular weight excluding hydrogens is 639 g/mol. The molecule has 0 atom stereocenters. The van der Waals surface area contributed by atoms with Crippen LogP contribution in [0.5, 0.6) is 0 Å². The van der Waals surface area contributed by atoms with E-state index in [4.69, 9.17) is 23.2 Å². The second kappa shape index (κ2) is 18.3. The predicted molar refractivity (Wildman–Crippen MR) is 204 cm³/mol. The Morgan fingerprint density at radius 3 is 1.25 bits per heavy atom. The second-order valence-electron chi connectivity index (χ2n) is 13.4. The maximum absolute atomic E-state index is 6.13. The third kappa shape index (κ3) is 10.4. The number of unbranched alkanes of at least 4 members (excludes halogenated alkanes) is 3. The Morgan fingerprint density at radius 1 is 0.479 bits per heavy atom. The van der Waals surface area contributed by atoms with E-state index < -0.39 is 0 Å². The van der Waals surface area contributed by atoms with Crippen molar-refractivity contribution in [3.05, 3.63) is 71.0 Å². The number of hydrogen-bond acceptors (Lipinski definition) is 8. The summed E-state index contributed by atoms with van der Waals surface area (Å²) in [5, 5.41) is 10.9. The fraction of sp³-hybridized carbons (Fsp3) is 0.526. The van der Waals surface area contributed by atoms with E-state index >= 15 is 0 Å². The Hall–Kier alpha value is -2.72. The number of halogens is 2. The van der Waals surface area contributed by atoms with Crippen LogP contribution in [0.4, 0.5) is 11.4 Å². The van der Waals surface area contributed by atoms with Gasteiger partial charge in [-0.2, -0.15) is 0 Å². The molecule has 48 heavy (non-hydrogen) atoms. The highest BCUT2D eigenvalue weighted by Crippen LogP contribution is 2.25. The molecule has 0 aliphatic carbocycles. The van der Waals surface area contributed by atoms with E-state index in [1.807, 2.05) is 36.7 Å². The van der Waals surface area contributed by atoms with E-state index in [0.29, 0.717) is 0 Å². The molecule has 2 fully saturated rings. The average molecular weight is 692 g/mol. The van der Waals surface area contributed by atoms with Crippen LogP contribution in [0.3, 0.4) is 0 Å². The number of hydrogen-bond donors (Lipinski definition) is 2. The van der Waals surface area contributed by atoms with E-state index in [9.17, 15) is 0 Å². The van der Waals surface area contributed by atoms with E-state index in [1.165, 1.54) is 91.1 Å². The molecule has 2 aliphatic heterocycles. The molecule has 2 aliphatic rings. The zero-order valence-corrected chi connectivity index (χ0v) is 29.9. The number of benzene rings is 2. The number of rotatable bonds is 17. The second-order valence-corrected chi connectivity index (χ2v) is 14.3. The van der Waals surface area contributed by atoms with Crippen LogP contribution in [-0.2, 0) is 0 Å². The molecular formula is C38H52Cl2N8. The highest BCUT2D eigenvalue weighted by molar-refractivity contribution is 6.31. The molecule has 8 nitrogen and oxygen atoms in total. The van der Waals surface area contributed by atoms with Gasteiger partial charge in [0.1, 0.15) is 0 Å². The lowest BCUT2D eigenvalue weighted by Crippen LogP contribution is -2.47. The monoisotopic (exact) mass is 690 g/mol. The average Bonchev–Trinajstić information content (AvgIpc) is 3.11. The summed E-state index contributed by atoms with van der Waals surface area (Å²) in [5.74, 6) is 0. The van der Waals surface area contributed by atoms with Crippen LogP contribution in [-0.4, -0.2) is 121 Å². The number of pyridine rings is 2. The molecule has 2 saturated heterocycles. The molecule has 0 saturated carbocycles. The van der Waals surface area contributed by atoms with Gasteiger partial charge in [0.05, 0.1) is 11.0 Å². The fourth-order valence-electron chi connectivity index (χ4n) is 7.10. The maximum Gasteiger partial charge on any atom is 0.0737 e. The van der Waals surface area contributed by atoms with Crippen molar-refractivity contribution in [2.24, 2.45) is 0 Å². The van der Waals surface area contributed by atoms with Gasteiger partial charge >= 0.3 is 0 Å². The van der Waals surface area contributed by atoms with Crippen molar-refractivity contribution in [2.75, 3.05) is 102 Å². The first-order valence-corrected chi connectivity index (χ1v) is 18.8. The van der Waals surface area contributed by atoms with Crippen molar-refractivity contribution < 1.29 is 0 Å². The van der Waals surface area contributed by atoms with Crippen molar-refractivity contribution in [1.29, 1.82) is 0 Å². The van der Waals surface area contributed by atoms with Crippen molar-refractivity contribution in [3.8, 4) is 0 Å². The lowest BCUT2D eigenvalue weighted by molar-refractivity contribution is 0.127. The van der Waals surface area contributed by atoms with E-state index in [1.54, 1.807) is 0 Å². The van der Waals surface area contributed by atoms with Crippen molar-refractivity contribution in [1.82, 2.24) is 29.6 Å². The highest BCUT2D eigenvalue weighted by atomic mass is 35.5. The molecule has 0 bridgehead atoms. The van der Waals surface area contributed by atoms with Crippen LogP contribution in [0, 0.1) is 0 Å². The van der Waals surface area contributed by atoms with Gasteiger partial charge in [0, 0.05) is 110 Å². The first-order valence-electron chi connectivity index (χ1n) is 18.1. The molecule has 0 amide bonds. The van der Waals surface area contributed by atoms with Gasteiger partial charge in [0.2, 0.25) is 0 Å². The normalized spacial score (nSPS) is 17.0. The first-order chi connectivity index (χ1) is 23.6. The third-order valence-corrected chi connectivity index (χ3v) is 10.4. The highest BCUT2D eigenvalue weighted by Gasteiger charge is 2.17. The van der Waals surface area contributed by atoms with E-state index in [0.717, 1.165) is 82.2 Å². The van der Waals surface area contributed by atoms with Gasteiger partial charge in [-0.15, -0.1) is 0 Å². The molecule has 10 heteroatoms. The molecule has 2 aromatic carbocycles. The third-order valence-electron chi connectivity index (χ3n) is 9.97. The van der Waals surface area contributed by atoms with E-state index in [2.05, 4.69) is 64.5 Å². The Morgan fingerprint density at radius 2 is 0.854 bits per heavy atom. The fourth-order valence-corrected chi connectivity index (χ4v) is 7.43. The Labute approximate surface area is 296 Å². The molecule has 4 heterocycles. The molecule has 2 aromatic heterocycles. The smallest absolute Gasteiger partial charge is 0.0737 e. The van der Waals surface area contributed by atoms with Gasteiger partial charge in [-0.05, 0) is 100 Å². The van der Waals surface area contributed by atoms with Crippen LogP contribution in [0.1, 0.15) is 38.5 Å². The summed E-state index contributed by atoms with van der Waals surface area (Å²) < 4.78 is 0. The number of nitrogens with zero attached hydrogens (tertiary/aromatic N) is 6. The Kier molecular flexibility index (Phi) is 13.4. The lowest BCUT2D eigenvalue weighted by atomic mass is 10.1. The maximum atomic E-state index is 6.13. The Bertz CT molecular complexity index is 1450. The number of piperazine rings is 2. The molecule has 6 rings (SSSR count). The van der Waals surface area contributed by atoms with Crippen LogP contribution in [0.25, 0.3) is 21.8 Å². The molecule has 0 unspecified atom stereocenters. The quantitative estimate of drug-likeness (QED) is 0.113. The van der Waals surface area contributed by atoms with Crippen LogP contribution in [0.15, 0.2) is 60.9 Å². The zero-order chi connectivity index (χ0) is 33.0. The summed E-state index contributed by atoms with van der Waals surface area (Å²) in [6.45, 7) is 16.4. The number of aromatic nitrogens is 2. The Balaban J connectivity index is 0.747. The standard InChI is InChI=1S/C38H52Cl2N8/c39-31-7-9-33-35(11-15-43-37(33)29-31)41-13-5-19-47-25-21-45(22-26-47)17-3-1-2-4-18-46-23-27-48(28-24-46)20-6-14-42-36-12-16-44-38-30-32(40)8-10-34(36)38/h7-12,15-16,29-30H,1-6,13-14,17-28H2,(H,41,43)(H,42,44). The minimum Gasteiger partial charge on any atom is -0.384 e. The van der Waals surface area contributed by atoms with Gasteiger partial charge in [-0.25, -0.2) is 0 Å². The summed E-state index contributed by atoms with van der Waals surface area (Å²) in [5.41, 5.74) is 4.17.